The lowest BCUT2D eigenvalue weighted by Crippen LogP contribution is -2.25. The number of hydrogen-bond donors (Lipinski definition) is 2. The minimum atomic E-state index is -0.745. The van der Waals surface area contributed by atoms with Crippen LogP contribution in [0, 0.1) is 9.39 Å². The largest absolute Gasteiger partial charge is 0.391 e. The highest BCUT2D eigenvalue weighted by atomic mass is 127. The molecule has 0 radical (unpaired) electrons. The van der Waals surface area contributed by atoms with Crippen molar-refractivity contribution in [3.8, 4) is 0 Å². The van der Waals surface area contributed by atoms with Gasteiger partial charge < -0.3 is 10.8 Å². The number of aliphatic hydroxyl groups is 1. The smallest absolute Gasteiger partial charge is 0.129 e. The molecule has 0 aliphatic heterocycles. The van der Waals surface area contributed by atoms with E-state index in [9.17, 15) is 9.50 Å². The van der Waals surface area contributed by atoms with E-state index < -0.39 is 12.1 Å². The van der Waals surface area contributed by atoms with Gasteiger partial charge in [0.1, 0.15) is 5.82 Å². The number of aliphatic hydroxyl groups excluding tert-OH is 1. The van der Waals surface area contributed by atoms with E-state index in [0.717, 1.165) is 3.57 Å². The number of hydrogen-bond acceptors (Lipinski definition) is 2. The van der Waals surface area contributed by atoms with Crippen LogP contribution in [0.25, 0.3) is 0 Å². The van der Waals surface area contributed by atoms with Gasteiger partial charge in [-0.3, -0.25) is 0 Å². The van der Waals surface area contributed by atoms with Gasteiger partial charge in [0, 0.05) is 9.13 Å². The van der Waals surface area contributed by atoms with Gasteiger partial charge in [-0.05, 0) is 41.6 Å². The Morgan fingerprint density at radius 3 is 2.62 bits per heavy atom. The van der Waals surface area contributed by atoms with Crippen LogP contribution in [0.15, 0.2) is 18.2 Å². The Balaban J connectivity index is 3.12. The normalized spacial score (nSPS) is 15.5. The molecule has 0 unspecified atom stereocenters. The van der Waals surface area contributed by atoms with Crippen molar-refractivity contribution in [1.82, 2.24) is 0 Å². The Morgan fingerprint density at radius 1 is 1.54 bits per heavy atom. The zero-order chi connectivity index (χ0) is 10.0. The molecule has 2 atom stereocenters. The van der Waals surface area contributed by atoms with Gasteiger partial charge in [0.25, 0.3) is 0 Å². The number of nitrogens with two attached hydrogens (primary N) is 1. The van der Waals surface area contributed by atoms with Gasteiger partial charge in [-0.1, -0.05) is 6.07 Å². The second-order valence-electron chi connectivity index (χ2n) is 2.90. The lowest BCUT2D eigenvalue weighted by Gasteiger charge is -2.17. The van der Waals surface area contributed by atoms with E-state index in [2.05, 4.69) is 0 Å². The molecule has 0 heterocycles. The van der Waals surface area contributed by atoms with Crippen molar-refractivity contribution in [2.24, 2.45) is 5.73 Å². The van der Waals surface area contributed by atoms with E-state index in [1.54, 1.807) is 19.1 Å². The molecule has 0 amide bonds. The molecule has 72 valence electrons. The van der Waals surface area contributed by atoms with Gasteiger partial charge in [-0.2, -0.15) is 0 Å². The van der Waals surface area contributed by atoms with Crippen molar-refractivity contribution in [2.45, 2.75) is 19.1 Å². The lowest BCUT2D eigenvalue weighted by atomic mass is 10.0. The first kappa shape index (κ1) is 10.9. The van der Waals surface area contributed by atoms with Crippen molar-refractivity contribution < 1.29 is 9.50 Å². The topological polar surface area (TPSA) is 46.2 Å². The van der Waals surface area contributed by atoms with E-state index >= 15 is 0 Å². The Hall–Kier alpha value is -0.200. The van der Waals surface area contributed by atoms with Crippen LogP contribution in [0.2, 0.25) is 0 Å². The first-order valence-electron chi connectivity index (χ1n) is 3.91. The van der Waals surface area contributed by atoms with Crippen molar-refractivity contribution in [1.29, 1.82) is 0 Å². The van der Waals surface area contributed by atoms with Crippen LogP contribution in [0.4, 0.5) is 4.39 Å². The fraction of sp³-hybridized carbons (Fsp3) is 0.333. The molecule has 0 spiro atoms. The molecule has 0 saturated carbocycles. The zero-order valence-corrected chi connectivity index (χ0v) is 9.32. The van der Waals surface area contributed by atoms with E-state index in [-0.39, 0.29) is 5.82 Å². The summed E-state index contributed by atoms with van der Waals surface area (Å²) in [4.78, 5) is 0. The Labute approximate surface area is 90.1 Å². The minimum Gasteiger partial charge on any atom is -0.391 e. The summed E-state index contributed by atoms with van der Waals surface area (Å²) in [5, 5.41) is 9.23. The molecular formula is C9H11FINO. The maximum Gasteiger partial charge on any atom is 0.129 e. The molecule has 2 nitrogen and oxygen atoms in total. The third-order valence-electron chi connectivity index (χ3n) is 1.85. The van der Waals surface area contributed by atoms with Crippen LogP contribution in [0.3, 0.4) is 0 Å². The number of rotatable bonds is 2. The van der Waals surface area contributed by atoms with E-state index in [0.29, 0.717) is 5.56 Å². The van der Waals surface area contributed by atoms with Crippen LogP contribution in [-0.2, 0) is 0 Å². The molecule has 0 saturated heterocycles. The average Bonchev–Trinajstić information content (AvgIpc) is 2.03. The van der Waals surface area contributed by atoms with Gasteiger partial charge in [0.05, 0.1) is 12.1 Å². The molecule has 0 aromatic heterocycles. The van der Waals surface area contributed by atoms with Gasteiger partial charge >= 0.3 is 0 Å². The Morgan fingerprint density at radius 2 is 2.15 bits per heavy atom. The highest BCUT2D eigenvalue weighted by Gasteiger charge is 2.18. The molecule has 0 aliphatic rings. The molecule has 4 heteroatoms. The van der Waals surface area contributed by atoms with Gasteiger partial charge in [-0.25, -0.2) is 4.39 Å². The first-order chi connectivity index (χ1) is 6.04. The zero-order valence-electron chi connectivity index (χ0n) is 7.17. The highest BCUT2D eigenvalue weighted by molar-refractivity contribution is 14.1. The van der Waals surface area contributed by atoms with Crippen molar-refractivity contribution in [2.75, 3.05) is 0 Å². The number of benzene rings is 1. The molecule has 13 heavy (non-hydrogen) atoms. The summed E-state index contributed by atoms with van der Waals surface area (Å²) in [5.74, 6) is -0.361. The maximum absolute atomic E-state index is 13.3. The Kier molecular flexibility index (Phi) is 3.63. The van der Waals surface area contributed by atoms with Crippen LogP contribution in [0.1, 0.15) is 18.5 Å². The number of halogens is 2. The Bertz CT molecular complexity index is 283. The quantitative estimate of drug-likeness (QED) is 0.817. The highest BCUT2D eigenvalue weighted by Crippen LogP contribution is 2.23. The maximum atomic E-state index is 13.3. The summed E-state index contributed by atoms with van der Waals surface area (Å²) in [5.41, 5.74) is 6.03. The summed E-state index contributed by atoms with van der Waals surface area (Å²) in [6.45, 7) is 1.55. The van der Waals surface area contributed by atoms with Crippen LogP contribution < -0.4 is 5.73 Å². The van der Waals surface area contributed by atoms with Crippen LogP contribution >= 0.6 is 22.6 Å². The second kappa shape index (κ2) is 4.34. The van der Waals surface area contributed by atoms with E-state index in [4.69, 9.17) is 5.73 Å². The predicted molar refractivity (Wildman–Crippen MR) is 57.7 cm³/mol. The lowest BCUT2D eigenvalue weighted by molar-refractivity contribution is 0.162. The summed E-state index contributed by atoms with van der Waals surface area (Å²) in [7, 11) is 0. The third kappa shape index (κ3) is 2.38. The molecule has 3 N–H and O–H groups in total. The van der Waals surface area contributed by atoms with Crippen molar-refractivity contribution >= 4 is 22.6 Å². The molecule has 1 rings (SSSR count). The monoisotopic (exact) mass is 295 g/mol. The van der Waals surface area contributed by atoms with E-state index in [1.807, 2.05) is 22.6 Å². The van der Waals surface area contributed by atoms with Gasteiger partial charge in [0.15, 0.2) is 0 Å². The first-order valence-corrected chi connectivity index (χ1v) is 4.99. The van der Waals surface area contributed by atoms with Gasteiger partial charge in [-0.15, -0.1) is 0 Å². The van der Waals surface area contributed by atoms with Gasteiger partial charge in [0.2, 0.25) is 0 Å². The summed E-state index contributed by atoms with van der Waals surface area (Å²) in [6, 6.07) is 4.07. The van der Waals surface area contributed by atoms with Crippen molar-refractivity contribution in [3.05, 3.63) is 33.1 Å². The fourth-order valence-electron chi connectivity index (χ4n) is 1.07. The van der Waals surface area contributed by atoms with Crippen LogP contribution in [-0.4, -0.2) is 11.2 Å². The average molecular weight is 295 g/mol. The molecule has 0 aliphatic carbocycles. The van der Waals surface area contributed by atoms with Crippen LogP contribution in [0.5, 0.6) is 0 Å². The summed E-state index contributed by atoms with van der Waals surface area (Å²) in [6.07, 6.45) is -0.745. The molecule has 1 aromatic carbocycles. The van der Waals surface area contributed by atoms with Crippen molar-refractivity contribution in [3.63, 3.8) is 0 Å². The standard InChI is InChI=1S/C9H11FINO/c1-5(13)9(12)8-6(10)3-2-4-7(8)11/h2-5,9,13H,12H2,1H3/t5-,9+/m1/s1. The molecule has 0 bridgehead atoms. The summed E-state index contributed by atoms with van der Waals surface area (Å²) >= 11 is 2.00. The molecular weight excluding hydrogens is 284 g/mol. The van der Waals surface area contributed by atoms with E-state index in [1.165, 1.54) is 6.07 Å². The second-order valence-corrected chi connectivity index (χ2v) is 4.06. The summed E-state index contributed by atoms with van der Waals surface area (Å²) < 4.78 is 14.0. The SMILES string of the molecule is C[C@@H](O)[C@H](N)c1c(F)cccc1I. The third-order valence-corrected chi connectivity index (χ3v) is 2.79. The molecule has 1 aromatic rings. The minimum absolute atomic E-state index is 0.361. The molecule has 0 fully saturated rings. The predicted octanol–water partition coefficient (Wildman–Crippen LogP) is 1.81. The fourth-order valence-corrected chi connectivity index (χ4v) is 1.90.